The summed E-state index contributed by atoms with van der Waals surface area (Å²) in [5.41, 5.74) is 2.93. The van der Waals surface area contributed by atoms with Crippen molar-refractivity contribution in [2.75, 3.05) is 24.7 Å². The third-order valence-corrected chi connectivity index (χ3v) is 3.57. The highest BCUT2D eigenvalue weighted by atomic mass is 16.5. The van der Waals surface area contributed by atoms with Crippen LogP contribution in [0.2, 0.25) is 0 Å². The van der Waals surface area contributed by atoms with Gasteiger partial charge in [-0.2, -0.15) is 5.26 Å². The highest BCUT2D eigenvalue weighted by molar-refractivity contribution is 5.61. The van der Waals surface area contributed by atoms with E-state index in [4.69, 9.17) is 4.74 Å². The molecule has 4 heteroatoms. The van der Waals surface area contributed by atoms with Gasteiger partial charge in [-0.25, -0.2) is 0 Å². The minimum Gasteiger partial charge on any atom is -0.377 e. The lowest BCUT2D eigenvalue weighted by Crippen LogP contribution is -2.44. The Morgan fingerprint density at radius 2 is 2.30 bits per heavy atom. The van der Waals surface area contributed by atoms with Crippen LogP contribution in [0.5, 0.6) is 0 Å². The highest BCUT2D eigenvalue weighted by Gasteiger charge is 2.21. The Morgan fingerprint density at radius 3 is 2.95 bits per heavy atom. The van der Waals surface area contributed by atoms with Gasteiger partial charge in [0.2, 0.25) is 0 Å². The van der Waals surface area contributed by atoms with Gasteiger partial charge in [0.05, 0.1) is 24.5 Å². The average molecular weight is 273 g/mol. The molecule has 1 aromatic rings. The average Bonchev–Trinajstić information content (AvgIpc) is 2.45. The number of ether oxygens (including phenoxy) is 1. The maximum atomic E-state index is 9.41. The highest BCUT2D eigenvalue weighted by Crippen LogP contribution is 2.25. The van der Waals surface area contributed by atoms with Gasteiger partial charge < -0.3 is 15.0 Å². The fourth-order valence-electron chi connectivity index (χ4n) is 2.44. The molecule has 0 spiro atoms. The zero-order valence-corrected chi connectivity index (χ0v) is 12.5. The van der Waals surface area contributed by atoms with Crippen LogP contribution in [-0.2, 0) is 11.3 Å². The van der Waals surface area contributed by atoms with E-state index in [1.807, 2.05) is 6.07 Å². The van der Waals surface area contributed by atoms with E-state index >= 15 is 0 Å². The number of benzene rings is 1. The molecule has 0 amide bonds. The fraction of sp³-hybridized carbons (Fsp3) is 0.562. The Morgan fingerprint density at radius 1 is 1.50 bits per heavy atom. The van der Waals surface area contributed by atoms with E-state index in [1.165, 1.54) is 0 Å². The second-order valence-electron chi connectivity index (χ2n) is 5.62. The Labute approximate surface area is 121 Å². The Hall–Kier alpha value is -1.57. The zero-order valence-electron chi connectivity index (χ0n) is 12.5. The summed E-state index contributed by atoms with van der Waals surface area (Å²) in [7, 11) is 0. The predicted molar refractivity (Wildman–Crippen MR) is 80.8 cm³/mol. The van der Waals surface area contributed by atoms with E-state index in [-0.39, 0.29) is 0 Å². The molecule has 1 aromatic carbocycles. The van der Waals surface area contributed by atoms with Crippen LogP contribution in [0.1, 0.15) is 31.9 Å². The molecule has 0 aromatic heterocycles. The third-order valence-electron chi connectivity index (χ3n) is 3.57. The number of nitrogens with zero attached hydrogens (tertiary/aromatic N) is 2. The first-order valence-electron chi connectivity index (χ1n) is 7.22. The first kappa shape index (κ1) is 14.8. The molecule has 0 saturated carbocycles. The summed E-state index contributed by atoms with van der Waals surface area (Å²) in [5.74, 6) is 0. The fourth-order valence-corrected chi connectivity index (χ4v) is 2.44. The van der Waals surface area contributed by atoms with Crippen molar-refractivity contribution in [2.45, 2.75) is 39.4 Å². The lowest BCUT2D eigenvalue weighted by atomic mass is 10.1. The molecule has 1 heterocycles. The van der Waals surface area contributed by atoms with E-state index < -0.39 is 0 Å². The molecule has 0 bridgehead atoms. The van der Waals surface area contributed by atoms with Gasteiger partial charge in [0.15, 0.2) is 0 Å². The van der Waals surface area contributed by atoms with Crippen molar-refractivity contribution in [3.05, 3.63) is 29.3 Å². The van der Waals surface area contributed by atoms with Crippen molar-refractivity contribution in [3.63, 3.8) is 0 Å². The van der Waals surface area contributed by atoms with Crippen LogP contribution in [0, 0.1) is 11.3 Å². The molecule has 1 fully saturated rings. The van der Waals surface area contributed by atoms with Crippen LogP contribution in [0.4, 0.5) is 5.69 Å². The number of hydrogen-bond donors (Lipinski definition) is 1. The molecular formula is C16H23N3O. The molecule has 1 unspecified atom stereocenters. The molecule has 0 aliphatic carbocycles. The van der Waals surface area contributed by atoms with E-state index in [9.17, 15) is 5.26 Å². The maximum absolute atomic E-state index is 9.41. The van der Waals surface area contributed by atoms with Crippen molar-refractivity contribution in [2.24, 2.45) is 0 Å². The van der Waals surface area contributed by atoms with E-state index in [0.717, 1.165) is 43.1 Å². The molecule has 1 aliphatic rings. The van der Waals surface area contributed by atoms with E-state index in [2.05, 4.69) is 49.2 Å². The molecule has 2 rings (SSSR count). The standard InChI is InChI=1S/C16H23N3O/c1-12(2)18-10-14-4-5-16(15(8-14)9-17)19-6-7-20-11-13(19)3/h4-5,8,12-13,18H,6-7,10-11H2,1-3H3. The molecule has 1 atom stereocenters. The zero-order chi connectivity index (χ0) is 14.5. The maximum Gasteiger partial charge on any atom is 0.101 e. The van der Waals surface area contributed by atoms with Gasteiger partial charge in [0.1, 0.15) is 6.07 Å². The smallest absolute Gasteiger partial charge is 0.101 e. The van der Waals surface area contributed by atoms with Crippen LogP contribution in [-0.4, -0.2) is 31.8 Å². The van der Waals surface area contributed by atoms with Crippen molar-refractivity contribution in [1.82, 2.24) is 5.32 Å². The predicted octanol–water partition coefficient (Wildman–Crippen LogP) is 2.28. The topological polar surface area (TPSA) is 48.3 Å². The number of hydrogen-bond acceptors (Lipinski definition) is 4. The van der Waals surface area contributed by atoms with Crippen LogP contribution in [0.25, 0.3) is 0 Å². The second-order valence-corrected chi connectivity index (χ2v) is 5.62. The van der Waals surface area contributed by atoms with Gasteiger partial charge in [-0.05, 0) is 24.6 Å². The lowest BCUT2D eigenvalue weighted by molar-refractivity contribution is 0.0989. The van der Waals surface area contributed by atoms with Gasteiger partial charge in [0, 0.05) is 25.2 Å². The summed E-state index contributed by atoms with van der Waals surface area (Å²) < 4.78 is 5.46. The quantitative estimate of drug-likeness (QED) is 0.914. The summed E-state index contributed by atoms with van der Waals surface area (Å²) in [6, 6.07) is 9.26. The number of morpholine rings is 1. The molecule has 1 saturated heterocycles. The second kappa shape index (κ2) is 6.74. The number of rotatable bonds is 4. The van der Waals surface area contributed by atoms with Gasteiger partial charge in [0.25, 0.3) is 0 Å². The molecule has 20 heavy (non-hydrogen) atoms. The summed E-state index contributed by atoms with van der Waals surface area (Å²) in [5, 5.41) is 12.8. The lowest BCUT2D eigenvalue weighted by Gasteiger charge is -2.35. The summed E-state index contributed by atoms with van der Waals surface area (Å²) in [6.07, 6.45) is 0. The van der Waals surface area contributed by atoms with Crippen LogP contribution < -0.4 is 10.2 Å². The molecule has 1 aliphatic heterocycles. The van der Waals surface area contributed by atoms with Crippen LogP contribution >= 0.6 is 0 Å². The minimum atomic E-state index is 0.315. The molecular weight excluding hydrogens is 250 g/mol. The minimum absolute atomic E-state index is 0.315. The Balaban J connectivity index is 2.19. The Bertz CT molecular complexity index is 493. The van der Waals surface area contributed by atoms with E-state index in [1.54, 1.807) is 0 Å². The van der Waals surface area contributed by atoms with Crippen molar-refractivity contribution in [1.29, 1.82) is 5.26 Å². The normalized spacial score (nSPS) is 19.1. The number of nitriles is 1. The number of anilines is 1. The molecule has 4 nitrogen and oxygen atoms in total. The van der Waals surface area contributed by atoms with Crippen LogP contribution in [0.15, 0.2) is 18.2 Å². The van der Waals surface area contributed by atoms with Crippen molar-refractivity contribution < 1.29 is 4.74 Å². The third kappa shape index (κ3) is 3.50. The summed E-state index contributed by atoms with van der Waals surface area (Å²) >= 11 is 0. The molecule has 1 N–H and O–H groups in total. The van der Waals surface area contributed by atoms with Gasteiger partial charge in [-0.3, -0.25) is 0 Å². The van der Waals surface area contributed by atoms with Crippen LogP contribution in [0.3, 0.4) is 0 Å². The van der Waals surface area contributed by atoms with Crippen molar-refractivity contribution in [3.8, 4) is 6.07 Å². The largest absolute Gasteiger partial charge is 0.377 e. The summed E-state index contributed by atoms with van der Waals surface area (Å²) in [4.78, 5) is 2.27. The van der Waals surface area contributed by atoms with Gasteiger partial charge in [-0.1, -0.05) is 19.9 Å². The molecule has 108 valence electrons. The molecule has 0 radical (unpaired) electrons. The SMILES string of the molecule is CC(C)NCc1ccc(N2CCOCC2C)c(C#N)c1. The van der Waals surface area contributed by atoms with Crippen molar-refractivity contribution >= 4 is 5.69 Å². The monoisotopic (exact) mass is 273 g/mol. The summed E-state index contributed by atoms with van der Waals surface area (Å²) in [6.45, 7) is 9.47. The van der Waals surface area contributed by atoms with Gasteiger partial charge >= 0.3 is 0 Å². The first-order chi connectivity index (χ1) is 9.61. The first-order valence-corrected chi connectivity index (χ1v) is 7.22. The van der Waals surface area contributed by atoms with E-state index in [0.29, 0.717) is 12.1 Å². The van der Waals surface area contributed by atoms with Gasteiger partial charge in [-0.15, -0.1) is 0 Å². The number of nitrogens with one attached hydrogen (secondary N) is 1. The Kier molecular flexibility index (Phi) is 4.99.